The summed E-state index contributed by atoms with van der Waals surface area (Å²) in [6, 6.07) is 91.9. The van der Waals surface area contributed by atoms with Gasteiger partial charge in [0, 0.05) is 44.3 Å². The SMILES string of the molecule is c1cc(-c2cccc3ccccc23)cc(N(c2ccc(-c3ccc(-c4cccc(-n5c6ccccc6c6ccccc65)c4)cc3)cc2)c2cccc(-c3cccc4oc5ccccc5c34)c2)c1. The molecule has 0 amide bonds. The van der Waals surface area contributed by atoms with E-state index < -0.39 is 0 Å². The van der Waals surface area contributed by atoms with E-state index in [1.807, 2.05) is 12.1 Å². The molecule has 0 aliphatic carbocycles. The third-order valence-corrected chi connectivity index (χ3v) is 13.4. The summed E-state index contributed by atoms with van der Waals surface area (Å²) in [7, 11) is 0. The van der Waals surface area contributed by atoms with E-state index in [9.17, 15) is 0 Å². The normalized spacial score (nSPS) is 11.6. The predicted molar refractivity (Wildman–Crippen MR) is 282 cm³/mol. The summed E-state index contributed by atoms with van der Waals surface area (Å²) in [5.41, 5.74) is 17.9. The molecule has 0 aliphatic heterocycles. The summed E-state index contributed by atoms with van der Waals surface area (Å²) in [5, 5.41) is 7.25. The van der Waals surface area contributed by atoms with Crippen molar-refractivity contribution in [2.24, 2.45) is 0 Å². The van der Waals surface area contributed by atoms with Crippen LogP contribution in [-0.4, -0.2) is 4.57 Å². The maximum absolute atomic E-state index is 6.33. The lowest BCUT2D eigenvalue weighted by Gasteiger charge is -2.27. The third kappa shape index (κ3) is 6.67. The largest absolute Gasteiger partial charge is 0.456 e. The van der Waals surface area contributed by atoms with Gasteiger partial charge in [0.15, 0.2) is 0 Å². The molecule has 0 saturated heterocycles. The van der Waals surface area contributed by atoms with E-state index in [2.05, 4.69) is 252 Å². The number of furan rings is 1. The zero-order chi connectivity index (χ0) is 44.3. The lowest BCUT2D eigenvalue weighted by molar-refractivity contribution is 0.669. The second kappa shape index (κ2) is 16.0. The van der Waals surface area contributed by atoms with Crippen LogP contribution in [0.1, 0.15) is 0 Å². The van der Waals surface area contributed by atoms with Crippen LogP contribution >= 0.6 is 0 Å². The Morgan fingerprint density at radius 1 is 0.299 bits per heavy atom. The van der Waals surface area contributed by atoms with Crippen LogP contribution in [0, 0.1) is 0 Å². The van der Waals surface area contributed by atoms with Gasteiger partial charge < -0.3 is 13.9 Å². The fourth-order valence-corrected chi connectivity index (χ4v) is 10.2. The lowest BCUT2D eigenvalue weighted by atomic mass is 9.97. The number of anilines is 3. The van der Waals surface area contributed by atoms with Crippen LogP contribution < -0.4 is 4.90 Å². The highest BCUT2D eigenvalue weighted by Crippen LogP contribution is 2.43. The highest BCUT2D eigenvalue weighted by molar-refractivity contribution is 6.13. The first-order valence-corrected chi connectivity index (χ1v) is 22.9. The van der Waals surface area contributed by atoms with Gasteiger partial charge in [0.05, 0.1) is 11.0 Å². The molecule has 0 bridgehead atoms. The maximum atomic E-state index is 6.33. The van der Waals surface area contributed by atoms with Crippen molar-refractivity contribution in [2.75, 3.05) is 4.90 Å². The van der Waals surface area contributed by atoms with E-state index in [0.717, 1.165) is 61.4 Å². The number of hydrogen-bond acceptors (Lipinski definition) is 2. The molecule has 0 N–H and O–H groups in total. The Hall–Kier alpha value is -8.92. The van der Waals surface area contributed by atoms with Gasteiger partial charge in [-0.3, -0.25) is 0 Å². The van der Waals surface area contributed by atoms with Crippen LogP contribution in [0.3, 0.4) is 0 Å². The number of aromatic nitrogens is 1. The summed E-state index contributed by atoms with van der Waals surface area (Å²) in [4.78, 5) is 2.38. The molecule has 13 aromatic rings. The summed E-state index contributed by atoms with van der Waals surface area (Å²) < 4.78 is 8.71. The highest BCUT2D eigenvalue weighted by Gasteiger charge is 2.18. The second-order valence-electron chi connectivity index (χ2n) is 17.3. The van der Waals surface area contributed by atoms with Gasteiger partial charge >= 0.3 is 0 Å². The van der Waals surface area contributed by atoms with Gasteiger partial charge in [0.1, 0.15) is 11.2 Å². The Bertz CT molecular complexity index is 3930. The van der Waals surface area contributed by atoms with Crippen molar-refractivity contribution in [1.82, 2.24) is 4.57 Å². The van der Waals surface area contributed by atoms with Gasteiger partial charge in [-0.2, -0.15) is 0 Å². The molecule has 0 saturated carbocycles. The van der Waals surface area contributed by atoms with Gasteiger partial charge in [0.2, 0.25) is 0 Å². The first kappa shape index (κ1) is 38.5. The van der Waals surface area contributed by atoms with E-state index >= 15 is 0 Å². The van der Waals surface area contributed by atoms with E-state index in [0.29, 0.717) is 0 Å². The number of para-hydroxylation sites is 3. The van der Waals surface area contributed by atoms with Gasteiger partial charge in [-0.25, -0.2) is 0 Å². The molecule has 13 rings (SSSR count). The fraction of sp³-hybridized carbons (Fsp3) is 0. The van der Waals surface area contributed by atoms with Gasteiger partial charge in [-0.05, 0) is 128 Å². The Kier molecular flexibility index (Phi) is 9.17. The Morgan fingerprint density at radius 2 is 0.791 bits per heavy atom. The van der Waals surface area contributed by atoms with Crippen molar-refractivity contribution < 1.29 is 4.42 Å². The average molecular weight is 855 g/mol. The second-order valence-corrected chi connectivity index (χ2v) is 17.3. The first-order valence-electron chi connectivity index (χ1n) is 22.9. The van der Waals surface area contributed by atoms with Gasteiger partial charge in [-0.1, -0.05) is 182 Å². The molecule has 11 aromatic carbocycles. The van der Waals surface area contributed by atoms with Crippen LogP contribution in [0.25, 0.3) is 105 Å². The van der Waals surface area contributed by atoms with Crippen LogP contribution in [0.4, 0.5) is 17.1 Å². The van der Waals surface area contributed by atoms with E-state index in [-0.39, 0.29) is 0 Å². The number of fused-ring (bicyclic) bond motifs is 7. The molecular formula is C64H42N2O. The van der Waals surface area contributed by atoms with Crippen LogP contribution in [0.5, 0.6) is 0 Å². The topological polar surface area (TPSA) is 21.3 Å². The molecule has 3 heteroatoms. The fourth-order valence-electron chi connectivity index (χ4n) is 10.2. The molecule has 0 fully saturated rings. The molecule has 0 radical (unpaired) electrons. The number of benzene rings is 11. The molecule has 0 atom stereocenters. The molecule has 314 valence electrons. The Balaban J connectivity index is 0.872. The van der Waals surface area contributed by atoms with Gasteiger partial charge in [0.25, 0.3) is 0 Å². The molecule has 3 nitrogen and oxygen atoms in total. The Morgan fingerprint density at radius 3 is 1.51 bits per heavy atom. The van der Waals surface area contributed by atoms with Crippen molar-refractivity contribution in [2.45, 2.75) is 0 Å². The van der Waals surface area contributed by atoms with Crippen molar-refractivity contribution in [3.8, 4) is 50.2 Å². The van der Waals surface area contributed by atoms with Crippen molar-refractivity contribution in [1.29, 1.82) is 0 Å². The summed E-state index contributed by atoms with van der Waals surface area (Å²) >= 11 is 0. The number of nitrogens with zero attached hydrogens (tertiary/aromatic N) is 2. The summed E-state index contributed by atoms with van der Waals surface area (Å²) in [6.45, 7) is 0. The summed E-state index contributed by atoms with van der Waals surface area (Å²) in [5.74, 6) is 0. The molecule has 0 unspecified atom stereocenters. The number of hydrogen-bond donors (Lipinski definition) is 0. The minimum Gasteiger partial charge on any atom is -0.456 e. The minimum absolute atomic E-state index is 0.889. The van der Waals surface area contributed by atoms with E-state index in [1.54, 1.807) is 0 Å². The van der Waals surface area contributed by atoms with Gasteiger partial charge in [-0.15, -0.1) is 0 Å². The highest BCUT2D eigenvalue weighted by atomic mass is 16.3. The van der Waals surface area contributed by atoms with E-state index in [1.165, 1.54) is 60.4 Å². The van der Waals surface area contributed by atoms with Crippen molar-refractivity contribution >= 4 is 71.6 Å². The van der Waals surface area contributed by atoms with Crippen LogP contribution in [0.2, 0.25) is 0 Å². The van der Waals surface area contributed by atoms with Crippen molar-refractivity contribution in [3.63, 3.8) is 0 Å². The standard InChI is InChI=1S/C64H42N2O/c1-2-22-54-46(14-1)15-12-26-55(54)48-17-10-19-51(41-48)65(52-20-11-18-49(42-52)56-27-13-31-63-64(56)59-25-5-8-30-62(59)67-63)50-38-36-44(37-39-50)43-32-34-45(35-33-43)47-16-9-21-53(40-47)66-60-28-6-3-23-57(60)58-24-4-7-29-61(58)66/h1-42H. The lowest BCUT2D eigenvalue weighted by Crippen LogP contribution is -2.10. The van der Waals surface area contributed by atoms with Crippen LogP contribution in [-0.2, 0) is 0 Å². The molecule has 2 heterocycles. The first-order chi connectivity index (χ1) is 33.2. The smallest absolute Gasteiger partial charge is 0.136 e. The zero-order valence-electron chi connectivity index (χ0n) is 36.6. The monoisotopic (exact) mass is 854 g/mol. The van der Waals surface area contributed by atoms with E-state index in [4.69, 9.17) is 4.42 Å². The van der Waals surface area contributed by atoms with Crippen molar-refractivity contribution in [3.05, 3.63) is 255 Å². The maximum Gasteiger partial charge on any atom is 0.136 e. The molecule has 0 aliphatic rings. The molecular weight excluding hydrogens is 813 g/mol. The Labute approximate surface area is 388 Å². The molecule has 2 aromatic heterocycles. The zero-order valence-corrected chi connectivity index (χ0v) is 36.6. The summed E-state index contributed by atoms with van der Waals surface area (Å²) in [6.07, 6.45) is 0. The van der Waals surface area contributed by atoms with Crippen LogP contribution in [0.15, 0.2) is 259 Å². The average Bonchev–Trinajstić information content (AvgIpc) is 3.95. The minimum atomic E-state index is 0.889. The predicted octanol–water partition coefficient (Wildman–Crippen LogP) is 18.0. The number of rotatable bonds is 8. The quantitative estimate of drug-likeness (QED) is 0.152. The molecule has 0 spiro atoms. The molecule has 67 heavy (non-hydrogen) atoms. The third-order valence-electron chi connectivity index (χ3n) is 13.4.